The Kier molecular flexibility index (Phi) is 5.97. The van der Waals surface area contributed by atoms with Crippen LogP contribution in [0.3, 0.4) is 0 Å². The molecule has 132 valence electrons. The van der Waals surface area contributed by atoms with Crippen molar-refractivity contribution in [3.05, 3.63) is 68.8 Å². The lowest BCUT2D eigenvalue weighted by molar-refractivity contribution is 0.0682. The molecule has 0 heterocycles. The highest BCUT2D eigenvalue weighted by atomic mass is 31.1. The van der Waals surface area contributed by atoms with Crippen molar-refractivity contribution < 1.29 is 18.6 Å². The third kappa shape index (κ3) is 4.46. The van der Waals surface area contributed by atoms with Crippen LogP contribution in [0.5, 0.6) is 0 Å². The Morgan fingerprint density at radius 3 is 1.20 bits per heavy atom. The van der Waals surface area contributed by atoms with E-state index in [4.69, 9.17) is 9.05 Å². The maximum atomic E-state index is 12.3. The number of hydrogen-bond donors (Lipinski definition) is 0. The lowest BCUT2D eigenvalue weighted by Gasteiger charge is -2.12. The first-order valence-corrected chi connectivity index (χ1v) is 8.85. The van der Waals surface area contributed by atoms with Gasteiger partial charge in [0, 0.05) is 0 Å². The molecule has 5 heteroatoms. The van der Waals surface area contributed by atoms with Gasteiger partial charge in [-0.15, -0.1) is 0 Å². The van der Waals surface area contributed by atoms with E-state index in [-0.39, 0.29) is 0 Å². The van der Waals surface area contributed by atoms with Crippen molar-refractivity contribution in [2.45, 2.75) is 41.5 Å². The molecule has 0 aliphatic carbocycles. The summed E-state index contributed by atoms with van der Waals surface area (Å²) in [5, 5.41) is 0. The molecular weight excluding hydrogens is 335 g/mol. The molecule has 0 radical (unpaired) electrons. The SMILES string of the molecule is Cc1cc(C)c(C(=O)OPOC(=O)c2c(C)cc(C)cc2C)c(C)c1. The van der Waals surface area contributed by atoms with Crippen LogP contribution in [-0.4, -0.2) is 11.9 Å². The van der Waals surface area contributed by atoms with Crippen LogP contribution in [0.1, 0.15) is 54.1 Å². The van der Waals surface area contributed by atoms with E-state index < -0.39 is 21.0 Å². The molecule has 0 bridgehead atoms. The zero-order valence-corrected chi connectivity index (χ0v) is 16.4. The highest BCUT2D eigenvalue weighted by molar-refractivity contribution is 7.27. The number of carbonyl (C=O) groups is 2. The van der Waals surface area contributed by atoms with Gasteiger partial charge in [-0.1, -0.05) is 35.4 Å². The van der Waals surface area contributed by atoms with Gasteiger partial charge in [0.2, 0.25) is 0 Å². The highest BCUT2D eigenvalue weighted by Gasteiger charge is 2.18. The molecule has 0 aliphatic rings. The van der Waals surface area contributed by atoms with Crippen LogP contribution in [-0.2, 0) is 9.05 Å². The van der Waals surface area contributed by atoms with Gasteiger partial charge in [0.05, 0.1) is 11.1 Å². The number of carbonyl (C=O) groups excluding carboxylic acids is 2. The molecule has 4 nitrogen and oxygen atoms in total. The molecule has 25 heavy (non-hydrogen) atoms. The van der Waals surface area contributed by atoms with Crippen molar-refractivity contribution in [1.29, 1.82) is 0 Å². The lowest BCUT2D eigenvalue weighted by Crippen LogP contribution is -2.08. The summed E-state index contributed by atoms with van der Waals surface area (Å²) in [6, 6.07) is 7.71. The molecule has 0 aliphatic heterocycles. The molecule has 0 unspecified atom stereocenters. The second-order valence-electron chi connectivity index (χ2n) is 6.41. The quantitative estimate of drug-likeness (QED) is 0.717. The first-order valence-electron chi connectivity index (χ1n) is 8.03. The third-order valence-corrected chi connectivity index (χ3v) is 4.57. The van der Waals surface area contributed by atoms with E-state index >= 15 is 0 Å². The van der Waals surface area contributed by atoms with Gasteiger partial charge in [-0.2, -0.15) is 0 Å². The zero-order chi connectivity index (χ0) is 18.7. The predicted molar refractivity (Wildman–Crippen MR) is 100 cm³/mol. The minimum atomic E-state index is -0.675. The second kappa shape index (κ2) is 7.79. The highest BCUT2D eigenvalue weighted by Crippen LogP contribution is 2.25. The van der Waals surface area contributed by atoms with E-state index in [2.05, 4.69) is 0 Å². The minimum Gasteiger partial charge on any atom is -0.405 e. The van der Waals surface area contributed by atoms with Crippen LogP contribution in [0, 0.1) is 41.5 Å². The van der Waals surface area contributed by atoms with E-state index in [0.717, 1.165) is 33.4 Å². The van der Waals surface area contributed by atoms with Crippen molar-refractivity contribution >= 4 is 21.0 Å². The Balaban J connectivity index is 2.04. The Hall–Kier alpha value is -2.19. The van der Waals surface area contributed by atoms with Crippen LogP contribution in [0.2, 0.25) is 0 Å². The van der Waals surface area contributed by atoms with E-state index in [0.29, 0.717) is 11.1 Å². The Morgan fingerprint density at radius 2 is 0.920 bits per heavy atom. The number of aryl methyl sites for hydroxylation is 6. The maximum Gasteiger partial charge on any atom is 0.343 e. The van der Waals surface area contributed by atoms with Crippen LogP contribution in [0.15, 0.2) is 24.3 Å². The van der Waals surface area contributed by atoms with Crippen LogP contribution < -0.4 is 0 Å². The fourth-order valence-corrected chi connectivity index (χ4v) is 3.60. The molecule has 0 aromatic heterocycles. The smallest absolute Gasteiger partial charge is 0.343 e. The lowest BCUT2D eigenvalue weighted by atomic mass is 10.0. The molecule has 2 aromatic rings. The van der Waals surface area contributed by atoms with E-state index in [1.54, 1.807) is 0 Å². The molecule has 2 rings (SSSR count). The molecule has 0 fully saturated rings. The third-order valence-electron chi connectivity index (χ3n) is 4.03. The molecule has 2 aromatic carbocycles. The summed E-state index contributed by atoms with van der Waals surface area (Å²) in [5.41, 5.74) is 6.63. The number of hydrogen-bond acceptors (Lipinski definition) is 4. The van der Waals surface area contributed by atoms with Crippen molar-refractivity contribution in [1.82, 2.24) is 0 Å². The molecule has 0 N–H and O–H groups in total. The van der Waals surface area contributed by atoms with Crippen molar-refractivity contribution in [2.24, 2.45) is 0 Å². The Morgan fingerprint density at radius 1 is 0.640 bits per heavy atom. The van der Waals surface area contributed by atoms with Crippen molar-refractivity contribution in [3.8, 4) is 0 Å². The number of rotatable bonds is 4. The monoisotopic (exact) mass is 358 g/mol. The van der Waals surface area contributed by atoms with E-state index in [9.17, 15) is 9.59 Å². The summed E-state index contributed by atoms with van der Waals surface area (Å²) in [6.07, 6.45) is 0. The summed E-state index contributed by atoms with van der Waals surface area (Å²) in [7, 11) is -0.675. The van der Waals surface area contributed by atoms with Gasteiger partial charge in [-0.05, 0) is 63.8 Å². The average molecular weight is 358 g/mol. The van der Waals surface area contributed by atoms with Crippen LogP contribution >= 0.6 is 9.03 Å². The molecule has 0 atom stereocenters. The largest absolute Gasteiger partial charge is 0.405 e. The Bertz CT molecular complexity index is 724. The summed E-state index contributed by atoms with van der Waals surface area (Å²) in [5.74, 6) is -0.947. The predicted octanol–water partition coefficient (Wildman–Crippen LogP) is 5.06. The zero-order valence-electron chi connectivity index (χ0n) is 15.4. The molecule has 0 saturated heterocycles. The van der Waals surface area contributed by atoms with Crippen LogP contribution in [0.25, 0.3) is 0 Å². The minimum absolute atomic E-state index is 0.474. The molecule has 0 amide bonds. The van der Waals surface area contributed by atoms with Crippen molar-refractivity contribution in [2.75, 3.05) is 0 Å². The first kappa shape index (κ1) is 19.1. The first-order chi connectivity index (χ1) is 11.7. The average Bonchev–Trinajstić information content (AvgIpc) is 2.44. The fraction of sp³-hybridized carbons (Fsp3) is 0.300. The van der Waals surface area contributed by atoms with Gasteiger partial charge in [0.1, 0.15) is 0 Å². The molecular formula is C20H23O4P. The maximum absolute atomic E-state index is 12.3. The summed E-state index contributed by atoms with van der Waals surface area (Å²) >= 11 is 0. The fourth-order valence-electron chi connectivity index (χ4n) is 3.20. The van der Waals surface area contributed by atoms with Gasteiger partial charge in [0.25, 0.3) is 9.03 Å². The van der Waals surface area contributed by atoms with Gasteiger partial charge in [-0.25, -0.2) is 9.59 Å². The normalized spacial score (nSPS) is 10.5. The Labute approximate surface area is 150 Å². The van der Waals surface area contributed by atoms with Gasteiger partial charge in [-0.3, -0.25) is 0 Å². The summed E-state index contributed by atoms with van der Waals surface area (Å²) < 4.78 is 10.3. The molecule has 0 saturated carbocycles. The van der Waals surface area contributed by atoms with E-state index in [1.807, 2.05) is 65.8 Å². The van der Waals surface area contributed by atoms with Crippen LogP contribution in [0.4, 0.5) is 0 Å². The summed E-state index contributed by atoms with van der Waals surface area (Å²) in [4.78, 5) is 24.6. The van der Waals surface area contributed by atoms with E-state index in [1.165, 1.54) is 0 Å². The van der Waals surface area contributed by atoms with Gasteiger partial charge < -0.3 is 9.05 Å². The van der Waals surface area contributed by atoms with Gasteiger partial charge in [0.15, 0.2) is 0 Å². The standard InChI is InChI=1S/C20H23O4P/c1-11-7-13(3)17(14(4)8-11)19(21)23-25-24-20(22)18-15(5)9-12(2)10-16(18)6/h7-10,25H,1-6H3. The van der Waals surface area contributed by atoms with Crippen molar-refractivity contribution in [3.63, 3.8) is 0 Å². The molecule has 0 spiro atoms. The topological polar surface area (TPSA) is 52.6 Å². The number of benzene rings is 2. The second-order valence-corrected chi connectivity index (χ2v) is 6.98. The van der Waals surface area contributed by atoms with Gasteiger partial charge >= 0.3 is 11.9 Å². The summed E-state index contributed by atoms with van der Waals surface area (Å²) in [6.45, 7) is 11.4.